The van der Waals surface area contributed by atoms with Gasteiger partial charge in [0.2, 0.25) is 11.8 Å². The topological polar surface area (TPSA) is 75.4 Å². The Labute approximate surface area is 124 Å². The third-order valence-corrected chi connectivity index (χ3v) is 3.52. The first-order valence-electron chi connectivity index (χ1n) is 6.30. The Morgan fingerprint density at radius 1 is 1.40 bits per heavy atom. The van der Waals surface area contributed by atoms with Crippen LogP contribution in [0.25, 0.3) is 0 Å². The van der Waals surface area contributed by atoms with Crippen LogP contribution in [0.4, 0.5) is 0 Å². The molecule has 1 aromatic carbocycles. The van der Waals surface area contributed by atoms with Crippen molar-refractivity contribution in [2.45, 2.75) is 24.9 Å². The van der Waals surface area contributed by atoms with E-state index in [0.29, 0.717) is 13.0 Å². The molecule has 2 atom stereocenters. The van der Waals surface area contributed by atoms with Crippen LogP contribution in [0.2, 0.25) is 0 Å². The van der Waals surface area contributed by atoms with Crippen LogP contribution in [-0.4, -0.2) is 36.3 Å². The van der Waals surface area contributed by atoms with Gasteiger partial charge in [-0.15, -0.1) is 12.4 Å². The number of hydrogen-bond donors (Lipinski definition) is 2. The third-order valence-electron chi connectivity index (χ3n) is 3.52. The summed E-state index contributed by atoms with van der Waals surface area (Å²) < 4.78 is 0. The van der Waals surface area contributed by atoms with Crippen LogP contribution in [0.1, 0.15) is 18.9 Å². The van der Waals surface area contributed by atoms with Crippen LogP contribution in [-0.2, 0) is 15.1 Å². The summed E-state index contributed by atoms with van der Waals surface area (Å²) in [6, 6.07) is 9.07. The highest BCUT2D eigenvalue weighted by Crippen LogP contribution is 2.18. The van der Waals surface area contributed by atoms with E-state index in [2.05, 4.69) is 5.32 Å². The van der Waals surface area contributed by atoms with Crippen LogP contribution in [0.15, 0.2) is 30.3 Å². The molecule has 0 radical (unpaired) electrons. The molecule has 110 valence electrons. The molecule has 2 rings (SSSR count). The number of nitrogens with two attached hydrogens (primary N) is 1. The Morgan fingerprint density at radius 3 is 2.50 bits per heavy atom. The maximum Gasteiger partial charge on any atom is 0.244 e. The summed E-state index contributed by atoms with van der Waals surface area (Å²) in [6.07, 6.45) is 0.340. The van der Waals surface area contributed by atoms with E-state index in [4.69, 9.17) is 5.73 Å². The minimum atomic E-state index is -1.09. The number of likely N-dealkylation sites (N-methyl/N-ethyl adjacent to an activating group) is 1. The number of nitrogens with one attached hydrogen (secondary N) is 1. The number of likely N-dealkylation sites (tertiary alicyclic amines) is 1. The highest BCUT2D eigenvalue weighted by Gasteiger charge is 2.35. The largest absolute Gasteiger partial charge is 0.349 e. The quantitative estimate of drug-likeness (QED) is 0.859. The van der Waals surface area contributed by atoms with E-state index >= 15 is 0 Å². The van der Waals surface area contributed by atoms with Crippen molar-refractivity contribution in [2.75, 3.05) is 13.6 Å². The number of rotatable bonds is 3. The van der Waals surface area contributed by atoms with Gasteiger partial charge in [-0.25, -0.2) is 0 Å². The molecule has 0 aliphatic carbocycles. The van der Waals surface area contributed by atoms with Crippen LogP contribution < -0.4 is 11.1 Å². The van der Waals surface area contributed by atoms with Crippen molar-refractivity contribution in [1.29, 1.82) is 0 Å². The molecule has 1 aliphatic heterocycles. The van der Waals surface area contributed by atoms with Gasteiger partial charge in [0.15, 0.2) is 0 Å². The summed E-state index contributed by atoms with van der Waals surface area (Å²) in [7, 11) is 1.73. The molecular weight excluding hydrogens is 278 g/mol. The van der Waals surface area contributed by atoms with Gasteiger partial charge in [-0.1, -0.05) is 30.3 Å². The predicted molar refractivity (Wildman–Crippen MR) is 79.4 cm³/mol. The first kappa shape index (κ1) is 16.5. The molecule has 6 heteroatoms. The van der Waals surface area contributed by atoms with E-state index in [1.54, 1.807) is 18.9 Å². The fraction of sp³-hybridized carbons (Fsp3) is 0.429. The molecule has 0 aromatic heterocycles. The Bertz CT molecular complexity index is 490. The van der Waals surface area contributed by atoms with Crippen LogP contribution >= 0.6 is 12.4 Å². The van der Waals surface area contributed by atoms with Gasteiger partial charge in [0.1, 0.15) is 5.54 Å². The highest BCUT2D eigenvalue weighted by molar-refractivity contribution is 5.88. The fourth-order valence-electron chi connectivity index (χ4n) is 2.21. The van der Waals surface area contributed by atoms with E-state index in [1.807, 2.05) is 30.3 Å². The van der Waals surface area contributed by atoms with Crippen molar-refractivity contribution in [3.8, 4) is 0 Å². The molecular formula is C14H20ClN3O2. The molecule has 2 unspecified atom stereocenters. The Balaban J connectivity index is 0.00000200. The second-order valence-electron chi connectivity index (χ2n) is 5.22. The zero-order chi connectivity index (χ0) is 14.0. The second kappa shape index (κ2) is 6.24. The molecule has 1 aliphatic rings. The Hall–Kier alpha value is -1.59. The molecule has 1 heterocycles. The highest BCUT2D eigenvalue weighted by atomic mass is 35.5. The predicted octanol–water partition coefficient (Wildman–Crippen LogP) is 0.629. The van der Waals surface area contributed by atoms with Crippen molar-refractivity contribution in [1.82, 2.24) is 10.2 Å². The first-order valence-corrected chi connectivity index (χ1v) is 6.30. The number of amides is 2. The third kappa shape index (κ3) is 3.29. The summed E-state index contributed by atoms with van der Waals surface area (Å²) in [5, 5.41) is 2.85. The lowest BCUT2D eigenvalue weighted by atomic mass is 9.92. The molecule has 20 heavy (non-hydrogen) atoms. The average molecular weight is 298 g/mol. The van der Waals surface area contributed by atoms with Gasteiger partial charge in [-0.05, 0) is 12.5 Å². The molecule has 1 saturated heterocycles. The summed E-state index contributed by atoms with van der Waals surface area (Å²) in [5.41, 5.74) is 5.78. The lowest BCUT2D eigenvalue weighted by Crippen LogP contribution is -2.52. The van der Waals surface area contributed by atoms with Crippen LogP contribution in [0.3, 0.4) is 0 Å². The van der Waals surface area contributed by atoms with Gasteiger partial charge < -0.3 is 16.0 Å². The van der Waals surface area contributed by atoms with Crippen molar-refractivity contribution in [3.63, 3.8) is 0 Å². The van der Waals surface area contributed by atoms with Gasteiger partial charge in [0.05, 0.1) is 6.04 Å². The zero-order valence-electron chi connectivity index (χ0n) is 11.6. The van der Waals surface area contributed by atoms with Crippen molar-refractivity contribution >= 4 is 24.2 Å². The lowest BCUT2D eigenvalue weighted by molar-refractivity contribution is -0.126. The zero-order valence-corrected chi connectivity index (χ0v) is 12.4. The van der Waals surface area contributed by atoms with Crippen molar-refractivity contribution in [2.24, 2.45) is 5.73 Å². The first-order chi connectivity index (χ1) is 8.91. The van der Waals surface area contributed by atoms with Gasteiger partial charge in [0.25, 0.3) is 0 Å². The average Bonchev–Trinajstić information content (AvgIpc) is 2.69. The molecule has 5 nitrogen and oxygen atoms in total. The van der Waals surface area contributed by atoms with Gasteiger partial charge in [-0.3, -0.25) is 9.59 Å². The van der Waals surface area contributed by atoms with Gasteiger partial charge in [-0.2, -0.15) is 0 Å². The van der Waals surface area contributed by atoms with Crippen molar-refractivity contribution in [3.05, 3.63) is 35.9 Å². The minimum Gasteiger partial charge on any atom is -0.349 e. The smallest absolute Gasteiger partial charge is 0.244 e. The summed E-state index contributed by atoms with van der Waals surface area (Å²) >= 11 is 0. The summed E-state index contributed by atoms with van der Waals surface area (Å²) in [4.78, 5) is 25.3. The maximum atomic E-state index is 12.3. The minimum absolute atomic E-state index is 0. The Kier molecular flexibility index (Phi) is 5.14. The number of nitrogens with zero attached hydrogens (tertiary/aromatic N) is 1. The molecule has 0 spiro atoms. The van der Waals surface area contributed by atoms with Crippen molar-refractivity contribution < 1.29 is 9.59 Å². The van der Waals surface area contributed by atoms with E-state index in [-0.39, 0.29) is 30.3 Å². The molecule has 3 N–H and O–H groups in total. The number of carbonyl (C=O) groups excluding carboxylic acids is 2. The number of carbonyl (C=O) groups is 2. The molecule has 1 fully saturated rings. The molecule has 0 bridgehead atoms. The number of hydrogen-bond acceptors (Lipinski definition) is 3. The van der Waals surface area contributed by atoms with E-state index in [9.17, 15) is 9.59 Å². The molecule has 0 saturated carbocycles. The summed E-state index contributed by atoms with van der Waals surface area (Å²) in [6.45, 7) is 2.22. The Morgan fingerprint density at radius 2 is 2.00 bits per heavy atom. The second-order valence-corrected chi connectivity index (χ2v) is 5.22. The fourth-order valence-corrected chi connectivity index (χ4v) is 2.21. The van der Waals surface area contributed by atoms with Crippen LogP contribution in [0.5, 0.6) is 0 Å². The van der Waals surface area contributed by atoms with Gasteiger partial charge >= 0.3 is 0 Å². The van der Waals surface area contributed by atoms with Gasteiger partial charge in [0, 0.05) is 20.0 Å². The molecule has 1 aromatic rings. The van der Waals surface area contributed by atoms with E-state index in [0.717, 1.165) is 5.56 Å². The SMILES string of the molecule is CN1CC(NC(=O)C(C)(N)c2ccccc2)CC1=O.Cl. The standard InChI is InChI=1S/C14H19N3O2.ClH/c1-14(15,10-6-4-3-5-7-10)13(19)16-11-8-12(18)17(2)9-11;/h3-7,11H,8-9,15H2,1-2H3,(H,16,19);1H. The van der Waals surface area contributed by atoms with E-state index in [1.165, 1.54) is 0 Å². The lowest BCUT2D eigenvalue weighted by Gasteiger charge is -2.26. The molecule has 2 amide bonds. The monoisotopic (exact) mass is 297 g/mol. The summed E-state index contributed by atoms with van der Waals surface area (Å²) in [5.74, 6) is -0.212. The maximum absolute atomic E-state index is 12.3. The van der Waals surface area contributed by atoms with E-state index < -0.39 is 5.54 Å². The van der Waals surface area contributed by atoms with Crippen LogP contribution in [0, 0.1) is 0 Å². The normalized spacial score (nSPS) is 21.1. The number of benzene rings is 1. The number of halogens is 1.